The van der Waals surface area contributed by atoms with E-state index in [9.17, 15) is 27.1 Å². The molecule has 0 amide bonds. The van der Waals surface area contributed by atoms with Gasteiger partial charge in [-0.3, -0.25) is 0 Å². The van der Waals surface area contributed by atoms with Gasteiger partial charge in [-0.15, -0.1) is 0 Å². The number of halogens is 5. The second-order valence-electron chi connectivity index (χ2n) is 3.90. The Morgan fingerprint density at radius 3 is 1.90 bits per heavy atom. The van der Waals surface area contributed by atoms with Crippen molar-refractivity contribution in [3.05, 3.63) is 52.8 Å². The molecule has 20 heavy (non-hydrogen) atoms. The van der Waals surface area contributed by atoms with Crippen LogP contribution in [0.4, 0.5) is 22.0 Å². The fraction of sp³-hybridized carbons (Fsp3) is 0.0769. The average molecular weight is 290 g/mol. The first-order valence-electron chi connectivity index (χ1n) is 5.32. The molecule has 0 bridgehead atoms. The van der Waals surface area contributed by atoms with Gasteiger partial charge < -0.3 is 9.84 Å². The Hall–Kier alpha value is -2.31. The van der Waals surface area contributed by atoms with E-state index in [4.69, 9.17) is 4.74 Å². The first-order chi connectivity index (χ1) is 9.34. The Morgan fingerprint density at radius 1 is 0.850 bits per heavy atom. The number of ether oxygens (including phenoxy) is 1. The van der Waals surface area contributed by atoms with Crippen molar-refractivity contribution in [1.82, 2.24) is 0 Å². The van der Waals surface area contributed by atoms with Crippen molar-refractivity contribution in [2.75, 3.05) is 0 Å². The summed E-state index contributed by atoms with van der Waals surface area (Å²) in [5.74, 6) is -12.5. The fourth-order valence-corrected chi connectivity index (χ4v) is 1.50. The zero-order valence-electron chi connectivity index (χ0n) is 9.98. The van der Waals surface area contributed by atoms with Crippen LogP contribution in [0.15, 0.2) is 18.2 Å². The van der Waals surface area contributed by atoms with Crippen molar-refractivity contribution in [2.45, 2.75) is 6.92 Å². The molecule has 0 aliphatic carbocycles. The van der Waals surface area contributed by atoms with Gasteiger partial charge in [0.25, 0.3) is 0 Å². The topological polar surface area (TPSA) is 29.5 Å². The second-order valence-corrected chi connectivity index (χ2v) is 3.90. The van der Waals surface area contributed by atoms with Crippen LogP contribution in [0.25, 0.3) is 0 Å². The number of hydrogen-bond donors (Lipinski definition) is 1. The minimum Gasteiger partial charge on any atom is -0.508 e. The second kappa shape index (κ2) is 4.99. The minimum absolute atomic E-state index is 0.0939. The molecule has 7 heteroatoms. The number of rotatable bonds is 2. The van der Waals surface area contributed by atoms with Gasteiger partial charge in [0, 0.05) is 5.56 Å². The van der Waals surface area contributed by atoms with Crippen molar-refractivity contribution in [3.8, 4) is 17.2 Å². The Balaban J connectivity index is 2.57. The van der Waals surface area contributed by atoms with Crippen molar-refractivity contribution in [1.29, 1.82) is 0 Å². The first-order valence-corrected chi connectivity index (χ1v) is 5.32. The molecular weight excluding hydrogens is 283 g/mol. The van der Waals surface area contributed by atoms with Gasteiger partial charge in [-0.25, -0.2) is 13.2 Å². The van der Waals surface area contributed by atoms with Crippen LogP contribution in [-0.2, 0) is 0 Å². The SMILES string of the molecule is Cc1c(O)cccc1Oc1c(F)c(F)c(F)c(F)c1F. The highest BCUT2D eigenvalue weighted by Crippen LogP contribution is 2.35. The summed E-state index contributed by atoms with van der Waals surface area (Å²) >= 11 is 0. The number of benzene rings is 2. The van der Waals surface area contributed by atoms with Gasteiger partial charge in [-0.2, -0.15) is 8.78 Å². The molecule has 0 radical (unpaired) electrons. The summed E-state index contributed by atoms with van der Waals surface area (Å²) in [6.07, 6.45) is 0. The maximum Gasteiger partial charge on any atom is 0.207 e. The maximum absolute atomic E-state index is 13.4. The largest absolute Gasteiger partial charge is 0.508 e. The van der Waals surface area contributed by atoms with Crippen molar-refractivity contribution in [2.24, 2.45) is 0 Å². The van der Waals surface area contributed by atoms with E-state index in [1.165, 1.54) is 25.1 Å². The zero-order chi connectivity index (χ0) is 15.0. The summed E-state index contributed by atoms with van der Waals surface area (Å²) in [4.78, 5) is 0. The van der Waals surface area contributed by atoms with Crippen molar-refractivity contribution < 1.29 is 31.8 Å². The van der Waals surface area contributed by atoms with E-state index in [2.05, 4.69) is 0 Å². The molecular formula is C13H7F5O2. The summed E-state index contributed by atoms with van der Waals surface area (Å²) in [6, 6.07) is 3.79. The maximum atomic E-state index is 13.4. The highest BCUT2D eigenvalue weighted by atomic mass is 19.2. The molecule has 2 rings (SSSR count). The predicted octanol–water partition coefficient (Wildman–Crippen LogP) is 4.19. The third-order valence-corrected chi connectivity index (χ3v) is 2.64. The standard InChI is InChI=1S/C13H7F5O2/c1-5-6(19)3-2-4-7(5)20-13-11(17)9(15)8(14)10(16)12(13)18/h2-4,19H,1H3. The van der Waals surface area contributed by atoms with Crippen LogP contribution in [0.5, 0.6) is 17.2 Å². The molecule has 2 nitrogen and oxygen atoms in total. The molecule has 0 aromatic heterocycles. The number of phenols is 1. The molecule has 0 heterocycles. The van der Waals surface area contributed by atoms with Crippen molar-refractivity contribution >= 4 is 0 Å². The molecule has 0 fully saturated rings. The molecule has 0 atom stereocenters. The summed E-state index contributed by atoms with van der Waals surface area (Å²) in [5, 5.41) is 9.39. The third kappa shape index (κ3) is 2.15. The van der Waals surface area contributed by atoms with Gasteiger partial charge in [0.2, 0.25) is 34.8 Å². The highest BCUT2D eigenvalue weighted by molar-refractivity contribution is 5.45. The fourth-order valence-electron chi connectivity index (χ4n) is 1.50. The van der Waals surface area contributed by atoms with Gasteiger partial charge in [-0.05, 0) is 19.1 Å². The van der Waals surface area contributed by atoms with Crippen LogP contribution < -0.4 is 4.74 Å². The average Bonchev–Trinajstić information content (AvgIpc) is 2.43. The molecule has 0 spiro atoms. The Kier molecular flexibility index (Phi) is 3.52. The lowest BCUT2D eigenvalue weighted by Crippen LogP contribution is -2.04. The lowest BCUT2D eigenvalue weighted by atomic mass is 10.2. The normalized spacial score (nSPS) is 10.7. The molecule has 2 aromatic carbocycles. The molecule has 0 saturated carbocycles. The predicted molar refractivity (Wildman–Crippen MR) is 59.1 cm³/mol. The molecule has 0 aliphatic heterocycles. The van der Waals surface area contributed by atoms with E-state index in [1.807, 2.05) is 0 Å². The summed E-state index contributed by atoms with van der Waals surface area (Å²) < 4.78 is 70.4. The van der Waals surface area contributed by atoms with Gasteiger partial charge >= 0.3 is 0 Å². The van der Waals surface area contributed by atoms with Gasteiger partial charge in [0.05, 0.1) is 0 Å². The van der Waals surface area contributed by atoms with Crippen LogP contribution in [0, 0.1) is 36.0 Å². The summed E-state index contributed by atoms with van der Waals surface area (Å²) in [5.41, 5.74) is 0.0939. The van der Waals surface area contributed by atoms with Crippen LogP contribution >= 0.6 is 0 Å². The van der Waals surface area contributed by atoms with E-state index in [1.54, 1.807) is 0 Å². The summed E-state index contributed by atoms with van der Waals surface area (Å²) in [6.45, 7) is 1.36. The van der Waals surface area contributed by atoms with Crippen LogP contribution in [0.3, 0.4) is 0 Å². The molecule has 0 saturated heterocycles. The first kappa shape index (κ1) is 14.1. The molecule has 1 N–H and O–H groups in total. The smallest absolute Gasteiger partial charge is 0.207 e. The lowest BCUT2D eigenvalue weighted by molar-refractivity contribution is 0.330. The molecule has 106 valence electrons. The highest BCUT2D eigenvalue weighted by Gasteiger charge is 2.27. The molecule has 2 aromatic rings. The van der Waals surface area contributed by atoms with Crippen molar-refractivity contribution in [3.63, 3.8) is 0 Å². The minimum atomic E-state index is -2.26. The number of phenolic OH excluding ortho intramolecular Hbond substituents is 1. The summed E-state index contributed by atoms with van der Waals surface area (Å²) in [7, 11) is 0. The van der Waals surface area contributed by atoms with E-state index >= 15 is 0 Å². The number of aromatic hydroxyl groups is 1. The van der Waals surface area contributed by atoms with Crippen LogP contribution in [0.2, 0.25) is 0 Å². The lowest BCUT2D eigenvalue weighted by Gasteiger charge is -2.12. The Labute approximate surface area is 110 Å². The van der Waals surface area contributed by atoms with E-state index in [0.717, 1.165) is 0 Å². The van der Waals surface area contributed by atoms with E-state index in [0.29, 0.717) is 0 Å². The van der Waals surface area contributed by atoms with Crippen LogP contribution in [0.1, 0.15) is 5.56 Å². The monoisotopic (exact) mass is 290 g/mol. The Bertz CT molecular complexity index is 656. The molecule has 0 aliphatic rings. The van der Waals surface area contributed by atoms with Gasteiger partial charge in [0.15, 0.2) is 0 Å². The number of hydrogen-bond acceptors (Lipinski definition) is 2. The van der Waals surface area contributed by atoms with Gasteiger partial charge in [0.1, 0.15) is 11.5 Å². The van der Waals surface area contributed by atoms with E-state index < -0.39 is 34.8 Å². The third-order valence-electron chi connectivity index (χ3n) is 2.64. The van der Waals surface area contributed by atoms with E-state index in [-0.39, 0.29) is 17.1 Å². The Morgan fingerprint density at radius 2 is 1.35 bits per heavy atom. The molecule has 0 unspecified atom stereocenters. The zero-order valence-corrected chi connectivity index (χ0v) is 9.98. The van der Waals surface area contributed by atoms with Crippen LogP contribution in [-0.4, -0.2) is 5.11 Å². The van der Waals surface area contributed by atoms with Gasteiger partial charge in [-0.1, -0.05) is 6.07 Å². The quantitative estimate of drug-likeness (QED) is 0.510.